The molecule has 0 radical (unpaired) electrons. The predicted octanol–water partition coefficient (Wildman–Crippen LogP) is 4.59. The second-order valence-corrected chi connectivity index (χ2v) is 5.28. The first-order valence-corrected chi connectivity index (χ1v) is 6.78. The molecule has 1 unspecified atom stereocenters. The fourth-order valence-corrected chi connectivity index (χ4v) is 2.25. The third-order valence-electron chi connectivity index (χ3n) is 3.47. The van der Waals surface area contributed by atoms with Crippen molar-refractivity contribution < 1.29 is 9.18 Å². The van der Waals surface area contributed by atoms with Crippen LogP contribution in [0.25, 0.3) is 0 Å². The highest BCUT2D eigenvalue weighted by atomic mass is 35.5. The van der Waals surface area contributed by atoms with Crippen LogP contribution in [0.15, 0.2) is 36.4 Å². The summed E-state index contributed by atoms with van der Waals surface area (Å²) in [7, 11) is 0. The minimum absolute atomic E-state index is 0.127. The first-order valence-electron chi connectivity index (χ1n) is 6.40. The van der Waals surface area contributed by atoms with E-state index in [1.807, 2.05) is 26.0 Å². The lowest BCUT2D eigenvalue weighted by molar-refractivity contribution is 0.0975. The molecule has 0 aliphatic rings. The van der Waals surface area contributed by atoms with E-state index in [1.165, 1.54) is 18.2 Å². The fraction of sp³-hybridized carbons (Fsp3) is 0.176. The molecule has 0 N–H and O–H groups in total. The van der Waals surface area contributed by atoms with Crippen LogP contribution >= 0.6 is 11.6 Å². The van der Waals surface area contributed by atoms with Crippen molar-refractivity contribution in [1.82, 2.24) is 0 Å². The average Bonchev–Trinajstić information content (AvgIpc) is 2.46. The summed E-state index contributed by atoms with van der Waals surface area (Å²) in [5.41, 5.74) is 2.45. The van der Waals surface area contributed by atoms with Crippen molar-refractivity contribution in [1.29, 1.82) is 5.26 Å². The molecule has 0 heterocycles. The molecule has 0 fully saturated rings. The molecule has 0 saturated heterocycles. The highest BCUT2D eigenvalue weighted by Crippen LogP contribution is 2.26. The number of carbonyl (C=O) groups is 1. The summed E-state index contributed by atoms with van der Waals surface area (Å²) >= 11 is 5.69. The molecule has 2 nitrogen and oxygen atoms in total. The normalized spacial score (nSPS) is 11.8. The van der Waals surface area contributed by atoms with Crippen LogP contribution in [0.3, 0.4) is 0 Å². The van der Waals surface area contributed by atoms with Gasteiger partial charge in [0.1, 0.15) is 5.92 Å². The Labute approximate surface area is 127 Å². The van der Waals surface area contributed by atoms with Gasteiger partial charge < -0.3 is 0 Å². The molecular weight excluding hydrogens is 289 g/mol. The maximum atomic E-state index is 13.9. The van der Waals surface area contributed by atoms with E-state index < -0.39 is 17.5 Å². The summed E-state index contributed by atoms with van der Waals surface area (Å²) in [6.07, 6.45) is 0. The van der Waals surface area contributed by atoms with Crippen LogP contribution in [0, 0.1) is 31.0 Å². The van der Waals surface area contributed by atoms with E-state index in [-0.39, 0.29) is 10.6 Å². The molecule has 2 aromatic rings. The van der Waals surface area contributed by atoms with Gasteiger partial charge in [-0.25, -0.2) is 4.39 Å². The Bertz CT molecular complexity index is 749. The molecule has 21 heavy (non-hydrogen) atoms. The van der Waals surface area contributed by atoms with Crippen LogP contribution < -0.4 is 0 Å². The van der Waals surface area contributed by atoms with Crippen molar-refractivity contribution in [2.75, 3.05) is 0 Å². The second-order valence-electron chi connectivity index (χ2n) is 4.87. The molecule has 0 aliphatic carbocycles. The van der Waals surface area contributed by atoms with Crippen LogP contribution in [0.2, 0.25) is 5.02 Å². The van der Waals surface area contributed by atoms with Gasteiger partial charge in [0.2, 0.25) is 0 Å². The van der Waals surface area contributed by atoms with Gasteiger partial charge in [0.15, 0.2) is 11.6 Å². The van der Waals surface area contributed by atoms with Crippen LogP contribution in [-0.2, 0) is 0 Å². The predicted molar refractivity (Wildman–Crippen MR) is 80.0 cm³/mol. The number of halogens is 2. The molecule has 4 heteroatoms. The number of hydrogen-bond donors (Lipinski definition) is 0. The Morgan fingerprint density at radius 2 is 1.95 bits per heavy atom. The molecule has 2 aromatic carbocycles. The van der Waals surface area contributed by atoms with Gasteiger partial charge >= 0.3 is 0 Å². The molecule has 0 amide bonds. The highest BCUT2D eigenvalue weighted by molar-refractivity contribution is 6.31. The van der Waals surface area contributed by atoms with Crippen molar-refractivity contribution in [3.8, 4) is 6.07 Å². The Balaban J connectivity index is 2.46. The van der Waals surface area contributed by atoms with Gasteiger partial charge in [-0.05, 0) is 42.7 Å². The van der Waals surface area contributed by atoms with E-state index in [4.69, 9.17) is 11.6 Å². The summed E-state index contributed by atoms with van der Waals surface area (Å²) in [5.74, 6) is -2.41. The number of ketones is 1. The van der Waals surface area contributed by atoms with Gasteiger partial charge in [0.25, 0.3) is 0 Å². The third-order valence-corrected chi connectivity index (χ3v) is 3.76. The largest absolute Gasteiger partial charge is 0.292 e. The van der Waals surface area contributed by atoms with Gasteiger partial charge in [-0.15, -0.1) is 0 Å². The number of hydrogen-bond acceptors (Lipinski definition) is 2. The highest BCUT2D eigenvalue weighted by Gasteiger charge is 2.25. The Morgan fingerprint density at radius 3 is 2.57 bits per heavy atom. The molecule has 0 aliphatic heterocycles. The zero-order valence-corrected chi connectivity index (χ0v) is 12.4. The van der Waals surface area contributed by atoms with Crippen molar-refractivity contribution in [3.63, 3.8) is 0 Å². The molecule has 0 saturated carbocycles. The summed E-state index contributed by atoms with van der Waals surface area (Å²) in [4.78, 5) is 12.4. The number of nitrogens with zero attached hydrogens (tertiary/aromatic N) is 1. The third kappa shape index (κ3) is 2.96. The Kier molecular flexibility index (Phi) is 4.40. The summed E-state index contributed by atoms with van der Waals surface area (Å²) in [5, 5.41) is 9.18. The van der Waals surface area contributed by atoms with Crippen LogP contribution in [0.1, 0.15) is 33.0 Å². The van der Waals surface area contributed by atoms with Gasteiger partial charge in [-0.3, -0.25) is 4.79 Å². The number of rotatable bonds is 3. The fourth-order valence-electron chi connectivity index (χ4n) is 2.08. The number of aryl methyl sites for hydroxylation is 2. The number of carbonyl (C=O) groups excluding carboxylic acids is 1. The van der Waals surface area contributed by atoms with Gasteiger partial charge in [0, 0.05) is 0 Å². The molecule has 0 spiro atoms. The van der Waals surface area contributed by atoms with Crippen LogP contribution in [-0.4, -0.2) is 5.78 Å². The smallest absolute Gasteiger partial charge is 0.187 e. The van der Waals surface area contributed by atoms with E-state index in [0.717, 1.165) is 11.1 Å². The first kappa shape index (κ1) is 15.2. The van der Waals surface area contributed by atoms with Crippen molar-refractivity contribution in [2.45, 2.75) is 19.8 Å². The average molecular weight is 302 g/mol. The Morgan fingerprint density at radius 1 is 1.24 bits per heavy atom. The van der Waals surface area contributed by atoms with E-state index in [0.29, 0.717) is 5.56 Å². The first-order chi connectivity index (χ1) is 9.95. The van der Waals surface area contributed by atoms with Gasteiger partial charge in [0.05, 0.1) is 16.7 Å². The molecular formula is C17H13ClFNO. The standard InChI is InChI=1S/C17H13ClFNO/c1-10-6-7-12(8-11(10)2)14(9-20)17(21)13-4-3-5-15(18)16(13)19/h3-8,14H,1-2H3. The number of benzene rings is 2. The Hall–Kier alpha value is -2.18. The van der Waals surface area contributed by atoms with E-state index in [2.05, 4.69) is 0 Å². The minimum Gasteiger partial charge on any atom is -0.292 e. The molecule has 0 bridgehead atoms. The monoisotopic (exact) mass is 301 g/mol. The van der Waals surface area contributed by atoms with E-state index in [9.17, 15) is 14.4 Å². The molecule has 2 rings (SSSR count). The maximum Gasteiger partial charge on any atom is 0.187 e. The lowest BCUT2D eigenvalue weighted by atomic mass is 9.90. The lowest BCUT2D eigenvalue weighted by Crippen LogP contribution is -2.13. The second kappa shape index (κ2) is 6.07. The van der Waals surface area contributed by atoms with Crippen LogP contribution in [0.4, 0.5) is 4.39 Å². The van der Waals surface area contributed by atoms with Crippen molar-refractivity contribution >= 4 is 17.4 Å². The lowest BCUT2D eigenvalue weighted by Gasteiger charge is -2.11. The molecule has 0 aromatic heterocycles. The van der Waals surface area contributed by atoms with E-state index >= 15 is 0 Å². The molecule has 106 valence electrons. The summed E-state index contributed by atoms with van der Waals surface area (Å²) < 4.78 is 13.9. The molecule has 1 atom stereocenters. The quantitative estimate of drug-likeness (QED) is 0.778. The SMILES string of the molecule is Cc1ccc(C(C#N)C(=O)c2cccc(Cl)c2F)cc1C. The maximum absolute atomic E-state index is 13.9. The topological polar surface area (TPSA) is 40.9 Å². The summed E-state index contributed by atoms with van der Waals surface area (Å²) in [6.45, 7) is 3.84. The van der Waals surface area contributed by atoms with E-state index in [1.54, 1.807) is 12.1 Å². The van der Waals surface area contributed by atoms with Gasteiger partial charge in [-0.2, -0.15) is 5.26 Å². The van der Waals surface area contributed by atoms with Crippen molar-refractivity contribution in [3.05, 3.63) is 69.5 Å². The van der Waals surface area contributed by atoms with Crippen molar-refractivity contribution in [2.24, 2.45) is 0 Å². The number of nitriles is 1. The minimum atomic E-state index is -1.04. The zero-order chi connectivity index (χ0) is 15.6. The zero-order valence-electron chi connectivity index (χ0n) is 11.7. The number of Topliss-reactive ketones (excluding diaryl/α,β-unsaturated/α-hetero) is 1. The van der Waals surface area contributed by atoms with Crippen LogP contribution in [0.5, 0.6) is 0 Å². The van der Waals surface area contributed by atoms with Gasteiger partial charge in [-0.1, -0.05) is 35.9 Å². The summed E-state index contributed by atoms with van der Waals surface area (Å²) in [6, 6.07) is 11.5.